The minimum absolute atomic E-state index is 0.0411. The number of amides is 1. The highest BCUT2D eigenvalue weighted by Crippen LogP contribution is 2.24. The summed E-state index contributed by atoms with van der Waals surface area (Å²) < 4.78 is 0. The van der Waals surface area contributed by atoms with E-state index in [2.05, 4.69) is 36.9 Å². The van der Waals surface area contributed by atoms with Crippen LogP contribution in [-0.4, -0.2) is 42.0 Å². The van der Waals surface area contributed by atoms with Crippen LogP contribution in [-0.2, 0) is 16.1 Å². The number of carboxylic acid groups (broad SMARTS) is 1. The maximum atomic E-state index is 12.6. The van der Waals surface area contributed by atoms with Crippen molar-refractivity contribution in [3.8, 4) is 0 Å². The van der Waals surface area contributed by atoms with Crippen LogP contribution < -0.4 is 4.90 Å². The van der Waals surface area contributed by atoms with Gasteiger partial charge in [0.25, 0.3) is 0 Å². The van der Waals surface area contributed by atoms with Gasteiger partial charge in [-0.05, 0) is 53.7 Å². The van der Waals surface area contributed by atoms with Gasteiger partial charge in [0.1, 0.15) is 0 Å². The van der Waals surface area contributed by atoms with E-state index < -0.39 is 5.97 Å². The van der Waals surface area contributed by atoms with Crippen molar-refractivity contribution < 1.29 is 14.7 Å². The van der Waals surface area contributed by atoms with E-state index in [1.54, 1.807) is 18.0 Å². The summed E-state index contributed by atoms with van der Waals surface area (Å²) in [5.74, 6) is -0.486. The van der Waals surface area contributed by atoms with Crippen molar-refractivity contribution in [1.29, 1.82) is 0 Å². The number of hydrogen-bond acceptors (Lipinski definition) is 3. The zero-order valence-corrected chi connectivity index (χ0v) is 18.6. The molecular formula is C26H32N2O3. The van der Waals surface area contributed by atoms with E-state index >= 15 is 0 Å². The van der Waals surface area contributed by atoms with Crippen molar-refractivity contribution in [2.24, 2.45) is 5.92 Å². The van der Waals surface area contributed by atoms with Gasteiger partial charge in [0, 0.05) is 38.4 Å². The van der Waals surface area contributed by atoms with E-state index in [0.29, 0.717) is 25.3 Å². The van der Waals surface area contributed by atoms with E-state index in [-0.39, 0.29) is 11.8 Å². The lowest BCUT2D eigenvalue weighted by molar-refractivity contribution is -0.142. The van der Waals surface area contributed by atoms with Crippen molar-refractivity contribution in [2.75, 3.05) is 25.0 Å². The molecule has 1 heterocycles. The van der Waals surface area contributed by atoms with Gasteiger partial charge in [0.2, 0.25) is 5.91 Å². The Morgan fingerprint density at radius 2 is 1.81 bits per heavy atom. The number of nitrogens with zero attached hydrogens (tertiary/aromatic N) is 2. The van der Waals surface area contributed by atoms with Gasteiger partial charge >= 0.3 is 5.97 Å². The molecule has 0 bridgehead atoms. The molecule has 0 aromatic heterocycles. The Bertz CT molecular complexity index is 926. The number of rotatable bonds is 7. The van der Waals surface area contributed by atoms with Crippen LogP contribution in [0.3, 0.4) is 0 Å². The van der Waals surface area contributed by atoms with E-state index in [1.165, 1.54) is 5.56 Å². The molecule has 0 radical (unpaired) electrons. The van der Waals surface area contributed by atoms with Crippen molar-refractivity contribution in [3.05, 3.63) is 71.3 Å². The van der Waals surface area contributed by atoms with Gasteiger partial charge < -0.3 is 14.9 Å². The fourth-order valence-electron chi connectivity index (χ4n) is 3.87. The number of likely N-dealkylation sites (N-methyl/N-ethyl adjacent to an activating group) is 1. The smallest absolute Gasteiger partial charge is 0.306 e. The largest absolute Gasteiger partial charge is 0.481 e. The number of aliphatic carboxylic acids is 1. The van der Waals surface area contributed by atoms with E-state index in [1.807, 2.05) is 36.4 Å². The molecule has 0 aliphatic carbocycles. The molecular weight excluding hydrogens is 388 g/mol. The first kappa shape index (κ1) is 22.6. The highest BCUT2D eigenvalue weighted by atomic mass is 16.4. The Hall–Kier alpha value is -3.08. The zero-order chi connectivity index (χ0) is 22.4. The summed E-state index contributed by atoms with van der Waals surface area (Å²) >= 11 is 0. The van der Waals surface area contributed by atoms with Gasteiger partial charge in [0.05, 0.1) is 5.92 Å². The number of carbonyl (C=O) groups excluding carboxylic acids is 1. The quantitative estimate of drug-likeness (QED) is 0.655. The maximum absolute atomic E-state index is 12.6. The molecule has 1 aliphatic heterocycles. The van der Waals surface area contributed by atoms with Gasteiger partial charge in [-0.2, -0.15) is 0 Å². The Morgan fingerprint density at radius 1 is 1.13 bits per heavy atom. The van der Waals surface area contributed by atoms with Gasteiger partial charge in [-0.3, -0.25) is 9.59 Å². The lowest BCUT2D eigenvalue weighted by Crippen LogP contribution is -2.36. The molecule has 3 rings (SSSR count). The minimum atomic E-state index is -0.697. The molecule has 2 aromatic rings. The third-order valence-electron chi connectivity index (χ3n) is 5.94. The lowest BCUT2D eigenvalue weighted by atomic mass is 9.96. The molecule has 1 amide bonds. The molecule has 5 heteroatoms. The summed E-state index contributed by atoms with van der Waals surface area (Å²) in [6, 6.07) is 16.4. The van der Waals surface area contributed by atoms with Crippen LogP contribution in [0.2, 0.25) is 0 Å². The summed E-state index contributed by atoms with van der Waals surface area (Å²) in [6.45, 7) is 6.34. The summed E-state index contributed by atoms with van der Waals surface area (Å²) in [5.41, 5.74) is 4.44. The Kier molecular flexibility index (Phi) is 7.50. The van der Waals surface area contributed by atoms with Crippen LogP contribution >= 0.6 is 0 Å². The number of carboxylic acids is 1. The summed E-state index contributed by atoms with van der Waals surface area (Å²) in [5, 5.41) is 9.18. The summed E-state index contributed by atoms with van der Waals surface area (Å²) in [7, 11) is 1.81. The molecule has 0 saturated carbocycles. The number of benzene rings is 2. The Balaban J connectivity index is 1.57. The number of hydrogen-bond donors (Lipinski definition) is 1. The Labute approximate surface area is 185 Å². The van der Waals surface area contributed by atoms with Crippen LogP contribution in [0.5, 0.6) is 0 Å². The fraction of sp³-hybridized carbons (Fsp3) is 0.385. The molecule has 2 aromatic carbocycles. The molecule has 31 heavy (non-hydrogen) atoms. The van der Waals surface area contributed by atoms with Crippen molar-refractivity contribution in [1.82, 2.24) is 4.90 Å². The minimum Gasteiger partial charge on any atom is -0.481 e. The van der Waals surface area contributed by atoms with Gasteiger partial charge in [-0.25, -0.2) is 0 Å². The monoisotopic (exact) mass is 420 g/mol. The second kappa shape index (κ2) is 10.3. The first-order valence-corrected chi connectivity index (χ1v) is 10.9. The van der Waals surface area contributed by atoms with Gasteiger partial charge in [0.15, 0.2) is 0 Å². The first-order valence-electron chi connectivity index (χ1n) is 10.9. The summed E-state index contributed by atoms with van der Waals surface area (Å²) in [4.78, 5) is 27.6. The molecule has 1 N–H and O–H groups in total. The highest BCUT2D eigenvalue weighted by Gasteiger charge is 2.24. The van der Waals surface area contributed by atoms with E-state index in [4.69, 9.17) is 0 Å². The van der Waals surface area contributed by atoms with Crippen LogP contribution in [0.4, 0.5) is 5.69 Å². The predicted molar refractivity (Wildman–Crippen MR) is 125 cm³/mol. The van der Waals surface area contributed by atoms with Crippen molar-refractivity contribution in [3.63, 3.8) is 0 Å². The molecule has 1 aliphatic rings. The second-order valence-corrected chi connectivity index (χ2v) is 8.62. The molecule has 5 nitrogen and oxygen atoms in total. The SMILES string of the molecule is CC(C)c1ccc(/C=C/C(=O)N(C)Cc2cccc(N3CCC(C(=O)O)CC3)c2)cc1. The molecule has 0 unspecified atom stereocenters. The fourth-order valence-corrected chi connectivity index (χ4v) is 3.87. The average molecular weight is 421 g/mol. The normalized spacial score (nSPS) is 14.9. The van der Waals surface area contributed by atoms with Crippen molar-refractivity contribution in [2.45, 2.75) is 39.2 Å². The number of piperidine rings is 1. The second-order valence-electron chi connectivity index (χ2n) is 8.62. The van der Waals surface area contributed by atoms with E-state index in [9.17, 15) is 14.7 Å². The maximum Gasteiger partial charge on any atom is 0.306 e. The molecule has 1 saturated heterocycles. The average Bonchev–Trinajstić information content (AvgIpc) is 2.78. The van der Waals surface area contributed by atoms with Gasteiger partial charge in [-0.1, -0.05) is 50.2 Å². The predicted octanol–water partition coefficient (Wildman–Crippen LogP) is 4.78. The van der Waals surface area contributed by atoms with Crippen LogP contribution in [0.15, 0.2) is 54.6 Å². The molecule has 0 atom stereocenters. The lowest BCUT2D eigenvalue weighted by Gasteiger charge is -2.32. The first-order chi connectivity index (χ1) is 14.8. The topological polar surface area (TPSA) is 60.9 Å². The summed E-state index contributed by atoms with van der Waals surface area (Å²) in [6.07, 6.45) is 4.80. The van der Waals surface area contributed by atoms with E-state index in [0.717, 1.165) is 29.9 Å². The van der Waals surface area contributed by atoms with Crippen LogP contribution in [0.25, 0.3) is 6.08 Å². The van der Waals surface area contributed by atoms with Crippen molar-refractivity contribution >= 4 is 23.6 Å². The molecule has 164 valence electrons. The van der Waals surface area contributed by atoms with Crippen LogP contribution in [0.1, 0.15) is 49.3 Å². The van der Waals surface area contributed by atoms with Gasteiger partial charge in [-0.15, -0.1) is 0 Å². The third kappa shape index (κ3) is 6.20. The highest BCUT2D eigenvalue weighted by molar-refractivity contribution is 5.91. The molecule has 1 fully saturated rings. The standard InChI is InChI=1S/C26H32N2O3/c1-19(2)22-10-7-20(8-11-22)9-12-25(29)27(3)18-21-5-4-6-24(17-21)28-15-13-23(14-16-28)26(30)31/h4-12,17,19,23H,13-16,18H2,1-3H3,(H,30,31)/b12-9+. The molecule has 0 spiro atoms. The third-order valence-corrected chi connectivity index (χ3v) is 5.94. The zero-order valence-electron chi connectivity index (χ0n) is 18.6. The number of carbonyl (C=O) groups is 2. The Morgan fingerprint density at radius 3 is 2.42 bits per heavy atom. The number of anilines is 1. The van der Waals surface area contributed by atoms with Crippen LogP contribution in [0, 0.1) is 5.92 Å².